The summed E-state index contributed by atoms with van der Waals surface area (Å²) in [6.07, 6.45) is 0. The molecule has 15 heavy (non-hydrogen) atoms. The lowest BCUT2D eigenvalue weighted by molar-refractivity contribution is 0.0828. The third-order valence-corrected chi connectivity index (χ3v) is 2.15. The van der Waals surface area contributed by atoms with Gasteiger partial charge in [-0.15, -0.1) is 0 Å². The standard InChI is InChI=1S/C10H12N4O/c1-14(2)9(15)6-3-4-7-8(5-6)13-10(11)12-7/h3-5H,1-2H3,(H3,11,12,13). The number of nitrogens with one attached hydrogen (secondary N) is 1. The van der Waals surface area contributed by atoms with Crippen molar-refractivity contribution in [1.29, 1.82) is 0 Å². The van der Waals surface area contributed by atoms with Gasteiger partial charge < -0.3 is 15.6 Å². The summed E-state index contributed by atoms with van der Waals surface area (Å²) in [6, 6.07) is 5.28. The van der Waals surface area contributed by atoms with Crippen molar-refractivity contribution in [1.82, 2.24) is 14.9 Å². The minimum Gasteiger partial charge on any atom is -0.369 e. The molecule has 3 N–H and O–H groups in total. The van der Waals surface area contributed by atoms with E-state index in [9.17, 15) is 4.79 Å². The monoisotopic (exact) mass is 204 g/mol. The molecule has 2 rings (SSSR count). The van der Waals surface area contributed by atoms with Crippen molar-refractivity contribution in [2.24, 2.45) is 0 Å². The summed E-state index contributed by atoms with van der Waals surface area (Å²) in [5.74, 6) is 0.318. The largest absolute Gasteiger partial charge is 0.369 e. The third kappa shape index (κ3) is 1.63. The summed E-state index contributed by atoms with van der Waals surface area (Å²) in [6.45, 7) is 0. The Morgan fingerprint density at radius 1 is 1.47 bits per heavy atom. The van der Waals surface area contributed by atoms with E-state index in [2.05, 4.69) is 9.97 Å². The van der Waals surface area contributed by atoms with Gasteiger partial charge in [-0.2, -0.15) is 0 Å². The van der Waals surface area contributed by atoms with E-state index < -0.39 is 0 Å². The number of hydrogen-bond donors (Lipinski definition) is 2. The maximum absolute atomic E-state index is 11.7. The summed E-state index contributed by atoms with van der Waals surface area (Å²) in [4.78, 5) is 20.1. The highest BCUT2D eigenvalue weighted by Crippen LogP contribution is 2.15. The molecular weight excluding hydrogens is 192 g/mol. The number of nitrogen functional groups attached to an aromatic ring is 1. The molecule has 0 spiro atoms. The van der Waals surface area contributed by atoms with Crippen LogP contribution in [0.2, 0.25) is 0 Å². The van der Waals surface area contributed by atoms with Gasteiger partial charge in [-0.3, -0.25) is 4.79 Å². The molecule has 0 radical (unpaired) electrons. The van der Waals surface area contributed by atoms with Crippen molar-refractivity contribution in [3.8, 4) is 0 Å². The fraction of sp³-hybridized carbons (Fsp3) is 0.200. The number of imidazole rings is 1. The van der Waals surface area contributed by atoms with Crippen molar-refractivity contribution in [2.75, 3.05) is 19.8 Å². The van der Waals surface area contributed by atoms with Gasteiger partial charge in [0, 0.05) is 19.7 Å². The first-order valence-corrected chi connectivity index (χ1v) is 4.55. The number of H-pyrrole nitrogens is 1. The van der Waals surface area contributed by atoms with Gasteiger partial charge in [-0.25, -0.2) is 4.98 Å². The van der Waals surface area contributed by atoms with Gasteiger partial charge >= 0.3 is 0 Å². The maximum atomic E-state index is 11.7. The van der Waals surface area contributed by atoms with Crippen LogP contribution < -0.4 is 5.73 Å². The van der Waals surface area contributed by atoms with Gasteiger partial charge in [0.25, 0.3) is 5.91 Å². The number of hydrogen-bond acceptors (Lipinski definition) is 3. The molecule has 5 heteroatoms. The van der Waals surface area contributed by atoms with Gasteiger partial charge in [-0.05, 0) is 18.2 Å². The van der Waals surface area contributed by atoms with E-state index in [1.165, 1.54) is 4.90 Å². The molecule has 0 fully saturated rings. The quantitative estimate of drug-likeness (QED) is 0.723. The van der Waals surface area contributed by atoms with Crippen LogP contribution in [0.3, 0.4) is 0 Å². The fourth-order valence-electron chi connectivity index (χ4n) is 1.42. The molecule has 2 aromatic rings. The zero-order valence-corrected chi connectivity index (χ0v) is 8.61. The number of fused-ring (bicyclic) bond motifs is 1. The van der Waals surface area contributed by atoms with E-state index in [0.717, 1.165) is 5.52 Å². The minimum absolute atomic E-state index is 0.0431. The normalized spacial score (nSPS) is 10.5. The lowest BCUT2D eigenvalue weighted by Gasteiger charge is -2.09. The number of aromatic amines is 1. The summed E-state index contributed by atoms with van der Waals surface area (Å²) >= 11 is 0. The SMILES string of the molecule is CN(C)C(=O)c1ccc2[nH]c(N)nc2c1. The van der Waals surface area contributed by atoms with E-state index in [1.54, 1.807) is 32.3 Å². The topological polar surface area (TPSA) is 75.0 Å². The van der Waals surface area contributed by atoms with Crippen LogP contribution in [0, 0.1) is 0 Å². The number of rotatable bonds is 1. The highest BCUT2D eigenvalue weighted by atomic mass is 16.2. The number of carbonyl (C=O) groups excluding carboxylic acids is 1. The second kappa shape index (κ2) is 3.27. The van der Waals surface area contributed by atoms with Crippen LogP contribution >= 0.6 is 0 Å². The zero-order chi connectivity index (χ0) is 11.0. The molecular formula is C10H12N4O. The molecule has 0 bridgehead atoms. The van der Waals surface area contributed by atoms with Crippen molar-refractivity contribution in [3.63, 3.8) is 0 Å². The second-order valence-electron chi connectivity index (χ2n) is 3.55. The third-order valence-electron chi connectivity index (χ3n) is 2.15. The molecule has 1 heterocycles. The molecule has 0 saturated carbocycles. The van der Waals surface area contributed by atoms with E-state index in [0.29, 0.717) is 17.0 Å². The Hall–Kier alpha value is -2.04. The lowest BCUT2D eigenvalue weighted by Crippen LogP contribution is -2.21. The smallest absolute Gasteiger partial charge is 0.253 e. The molecule has 0 atom stereocenters. The Labute approximate surface area is 86.9 Å². The summed E-state index contributed by atoms with van der Waals surface area (Å²) in [7, 11) is 3.43. The molecule has 1 aromatic carbocycles. The summed E-state index contributed by atoms with van der Waals surface area (Å²) in [5, 5.41) is 0. The molecule has 78 valence electrons. The minimum atomic E-state index is -0.0431. The molecule has 0 aliphatic rings. The number of nitrogens with zero attached hydrogens (tertiary/aromatic N) is 2. The van der Waals surface area contributed by atoms with Crippen LogP contribution in [0.5, 0.6) is 0 Å². The Bertz CT molecular complexity index is 515. The fourth-order valence-corrected chi connectivity index (χ4v) is 1.42. The molecule has 1 amide bonds. The molecule has 0 aliphatic carbocycles. The predicted molar refractivity (Wildman–Crippen MR) is 58.5 cm³/mol. The van der Waals surface area contributed by atoms with Crippen LogP contribution in [0.4, 0.5) is 5.95 Å². The number of nitrogens with two attached hydrogens (primary N) is 1. The van der Waals surface area contributed by atoms with Crippen LogP contribution in [-0.4, -0.2) is 34.9 Å². The summed E-state index contributed by atoms with van der Waals surface area (Å²) < 4.78 is 0. The first-order valence-electron chi connectivity index (χ1n) is 4.55. The number of aromatic nitrogens is 2. The van der Waals surface area contributed by atoms with Crippen LogP contribution in [0.1, 0.15) is 10.4 Å². The highest BCUT2D eigenvalue weighted by Gasteiger charge is 2.09. The number of carbonyl (C=O) groups is 1. The Balaban J connectivity index is 2.51. The Morgan fingerprint density at radius 2 is 2.20 bits per heavy atom. The van der Waals surface area contributed by atoms with Gasteiger partial charge in [0.2, 0.25) is 0 Å². The van der Waals surface area contributed by atoms with Crippen molar-refractivity contribution >= 4 is 22.9 Å². The predicted octanol–water partition coefficient (Wildman–Crippen LogP) is 0.847. The van der Waals surface area contributed by atoms with E-state index in [4.69, 9.17) is 5.73 Å². The van der Waals surface area contributed by atoms with Gasteiger partial charge in [0.1, 0.15) is 0 Å². The molecule has 5 nitrogen and oxygen atoms in total. The van der Waals surface area contributed by atoms with Crippen LogP contribution in [-0.2, 0) is 0 Å². The second-order valence-corrected chi connectivity index (χ2v) is 3.55. The van der Waals surface area contributed by atoms with E-state index in [-0.39, 0.29) is 5.91 Å². The maximum Gasteiger partial charge on any atom is 0.253 e. The molecule has 0 saturated heterocycles. The zero-order valence-electron chi connectivity index (χ0n) is 8.61. The van der Waals surface area contributed by atoms with Gasteiger partial charge in [0.15, 0.2) is 5.95 Å². The van der Waals surface area contributed by atoms with Crippen molar-refractivity contribution < 1.29 is 4.79 Å². The van der Waals surface area contributed by atoms with Crippen LogP contribution in [0.15, 0.2) is 18.2 Å². The number of amides is 1. The summed E-state index contributed by atoms with van der Waals surface area (Å²) in [5.41, 5.74) is 7.67. The average molecular weight is 204 g/mol. The van der Waals surface area contributed by atoms with Crippen molar-refractivity contribution in [2.45, 2.75) is 0 Å². The average Bonchev–Trinajstić information content (AvgIpc) is 2.55. The Morgan fingerprint density at radius 3 is 2.87 bits per heavy atom. The molecule has 1 aromatic heterocycles. The lowest BCUT2D eigenvalue weighted by atomic mass is 10.2. The molecule has 0 unspecified atom stereocenters. The first-order chi connectivity index (χ1) is 7.08. The van der Waals surface area contributed by atoms with Crippen molar-refractivity contribution in [3.05, 3.63) is 23.8 Å². The van der Waals surface area contributed by atoms with Gasteiger partial charge in [-0.1, -0.05) is 0 Å². The number of anilines is 1. The Kier molecular flexibility index (Phi) is 2.07. The molecule has 0 aliphatic heterocycles. The van der Waals surface area contributed by atoms with E-state index >= 15 is 0 Å². The number of benzene rings is 1. The van der Waals surface area contributed by atoms with Gasteiger partial charge in [0.05, 0.1) is 11.0 Å². The van der Waals surface area contributed by atoms with Crippen LogP contribution in [0.25, 0.3) is 11.0 Å². The van der Waals surface area contributed by atoms with E-state index in [1.807, 2.05) is 0 Å². The highest BCUT2D eigenvalue weighted by molar-refractivity contribution is 5.97. The first kappa shape index (κ1) is 9.51.